The van der Waals surface area contributed by atoms with E-state index in [9.17, 15) is 70.6 Å². The Hall–Kier alpha value is -5.03. The van der Waals surface area contributed by atoms with E-state index >= 15 is 0 Å². The van der Waals surface area contributed by atoms with Crippen LogP contribution in [0.2, 0.25) is 0 Å². The van der Waals surface area contributed by atoms with Crippen molar-refractivity contribution in [3.8, 4) is 28.7 Å². The second-order valence-electron chi connectivity index (χ2n) is 13.0. The van der Waals surface area contributed by atoms with Gasteiger partial charge in [-0.1, -0.05) is 13.0 Å². The summed E-state index contributed by atoms with van der Waals surface area (Å²) in [5.41, 5.74) is 1.46. The highest BCUT2D eigenvalue weighted by Crippen LogP contribution is 2.47. The van der Waals surface area contributed by atoms with Crippen LogP contribution in [0.3, 0.4) is 0 Å². The number of aliphatic hydroxyl groups is 7. The predicted molar refractivity (Wildman–Crippen MR) is 172 cm³/mol. The third-order valence-electron chi connectivity index (χ3n) is 9.38. The summed E-state index contributed by atoms with van der Waals surface area (Å²) in [6.45, 7) is 1.89. The number of aryl methyl sites for hydroxylation is 1. The van der Waals surface area contributed by atoms with E-state index in [-0.39, 0.29) is 41.0 Å². The van der Waals surface area contributed by atoms with Crippen molar-refractivity contribution >= 4 is 17.7 Å². The molecule has 2 saturated heterocycles. The summed E-state index contributed by atoms with van der Waals surface area (Å²) >= 11 is 0. The fourth-order valence-electron chi connectivity index (χ4n) is 6.35. The Morgan fingerprint density at radius 2 is 1.65 bits per heavy atom. The average Bonchev–Trinajstić information content (AvgIpc) is 3.58. The first-order valence-electron chi connectivity index (χ1n) is 16.5. The molecular weight excluding hydrogens is 726 g/mol. The zero-order valence-electron chi connectivity index (χ0n) is 28.0. The molecule has 10 unspecified atom stereocenters. The highest BCUT2D eigenvalue weighted by molar-refractivity contribution is 6.03. The van der Waals surface area contributed by atoms with E-state index in [0.717, 1.165) is 5.69 Å². The van der Waals surface area contributed by atoms with Crippen LogP contribution in [0.25, 0.3) is 0 Å². The lowest BCUT2D eigenvalue weighted by Crippen LogP contribution is -2.69. The number of aromatic amines is 1. The number of carbonyl (C=O) groups excluding carboxylic acids is 2. The van der Waals surface area contributed by atoms with Gasteiger partial charge in [0.1, 0.15) is 59.4 Å². The molecule has 0 spiro atoms. The highest BCUT2D eigenvalue weighted by Gasteiger charge is 2.59. The molecule has 2 fully saturated rings. The molecule has 20 heteroatoms. The standard InChI is InChI=1S/C34H37NO19/c1-2-13-5-11(10-35-13)6-14-19(9-20-21(22(14)39)17(38)8-18(50-20)12-3-4-15(36)16(37)7-12)51-32-25(42)23(40)24(41)27(52-32)31(47)54-33-26(43)28(44)34(48,49)29(53-33)30(45)46/h3-5,7,9-10,18,23-29,32-33,35-37,39-44,48-49H,2,6,8H2,1H3,(H,45,46). The number of carbonyl (C=O) groups is 3. The van der Waals surface area contributed by atoms with Crippen LogP contribution in [0.1, 0.15) is 52.2 Å². The van der Waals surface area contributed by atoms with E-state index in [1.165, 1.54) is 24.3 Å². The van der Waals surface area contributed by atoms with Crippen molar-refractivity contribution < 1.29 is 94.2 Å². The molecule has 0 radical (unpaired) electrons. The van der Waals surface area contributed by atoms with Gasteiger partial charge in [0, 0.05) is 29.9 Å². The summed E-state index contributed by atoms with van der Waals surface area (Å²) in [6.07, 6.45) is -20.1. The molecular formula is C34H37NO19. The number of carboxylic acid groups (broad SMARTS) is 1. The second-order valence-corrected chi connectivity index (χ2v) is 13.0. The van der Waals surface area contributed by atoms with Gasteiger partial charge in [-0.3, -0.25) is 4.79 Å². The SMILES string of the molecule is CCc1cc(Cc2c(OC3OC(C(=O)OC4OC(C(=O)O)C(O)(O)C(O)C4O)C(O)C(O)C3O)cc3c(c2O)C(=O)CC(c2ccc(O)c(O)c2)O3)c[nH]1. The maximum atomic E-state index is 13.5. The van der Waals surface area contributed by atoms with Crippen LogP contribution in [0.5, 0.6) is 28.7 Å². The number of aliphatic hydroxyl groups excluding tert-OH is 5. The van der Waals surface area contributed by atoms with Gasteiger partial charge in [0.25, 0.3) is 0 Å². The van der Waals surface area contributed by atoms with E-state index in [4.69, 9.17) is 23.7 Å². The van der Waals surface area contributed by atoms with Crippen molar-refractivity contribution in [3.05, 3.63) is 64.5 Å². The van der Waals surface area contributed by atoms with Crippen LogP contribution in [0, 0.1) is 0 Å². The smallest absolute Gasteiger partial charge is 0.340 e. The van der Waals surface area contributed by atoms with Crippen LogP contribution < -0.4 is 9.47 Å². The number of Topliss-reactive ketones (excluding diaryl/α,β-unsaturated/α-hetero) is 1. The van der Waals surface area contributed by atoms with E-state index in [0.29, 0.717) is 12.0 Å². The third kappa shape index (κ3) is 7.01. The van der Waals surface area contributed by atoms with Crippen molar-refractivity contribution in [2.75, 3.05) is 0 Å². The predicted octanol–water partition coefficient (Wildman–Crippen LogP) is -2.07. The number of ether oxygens (including phenoxy) is 5. The lowest BCUT2D eigenvalue weighted by atomic mass is 9.92. The Morgan fingerprint density at radius 1 is 0.926 bits per heavy atom. The summed E-state index contributed by atoms with van der Waals surface area (Å²) in [4.78, 5) is 41.3. The van der Waals surface area contributed by atoms with Gasteiger partial charge in [-0.05, 0) is 35.7 Å². The monoisotopic (exact) mass is 763 g/mol. The lowest BCUT2D eigenvalue weighted by Gasteiger charge is -2.44. The van der Waals surface area contributed by atoms with E-state index in [1.807, 2.05) is 6.92 Å². The van der Waals surface area contributed by atoms with Crippen molar-refractivity contribution in [1.82, 2.24) is 4.98 Å². The van der Waals surface area contributed by atoms with Crippen LogP contribution in [-0.2, 0) is 36.6 Å². The first-order chi connectivity index (χ1) is 25.4. The molecule has 20 nitrogen and oxygen atoms in total. The molecule has 12 N–H and O–H groups in total. The molecule has 4 heterocycles. The number of benzene rings is 2. The number of hydrogen-bond acceptors (Lipinski definition) is 18. The number of aliphatic carboxylic acids is 1. The largest absolute Gasteiger partial charge is 0.507 e. The molecule has 2 aromatic carbocycles. The number of aromatic hydroxyl groups is 3. The molecule has 1 aromatic heterocycles. The van der Waals surface area contributed by atoms with Gasteiger partial charge in [0.05, 0.1) is 6.42 Å². The minimum Gasteiger partial charge on any atom is -0.507 e. The van der Waals surface area contributed by atoms with E-state index in [1.54, 1.807) is 12.3 Å². The van der Waals surface area contributed by atoms with Gasteiger partial charge in [-0.25, -0.2) is 9.59 Å². The van der Waals surface area contributed by atoms with E-state index < -0.39 is 102 Å². The molecule has 3 aliphatic rings. The van der Waals surface area contributed by atoms with Gasteiger partial charge in [0.2, 0.25) is 24.5 Å². The Morgan fingerprint density at radius 3 is 2.30 bits per heavy atom. The minimum atomic E-state index is -3.52. The van der Waals surface area contributed by atoms with Crippen LogP contribution in [0.15, 0.2) is 36.5 Å². The number of nitrogens with one attached hydrogen (secondary N) is 1. The summed E-state index contributed by atoms with van der Waals surface area (Å²) in [6, 6.07) is 6.73. The van der Waals surface area contributed by atoms with Crippen molar-refractivity contribution in [3.63, 3.8) is 0 Å². The number of aromatic nitrogens is 1. The Balaban J connectivity index is 1.32. The summed E-state index contributed by atoms with van der Waals surface area (Å²) in [5, 5.41) is 113. The van der Waals surface area contributed by atoms with Crippen molar-refractivity contribution in [1.29, 1.82) is 0 Å². The molecule has 0 bridgehead atoms. The first-order valence-corrected chi connectivity index (χ1v) is 16.5. The second kappa shape index (κ2) is 14.7. The molecule has 0 amide bonds. The highest BCUT2D eigenvalue weighted by atomic mass is 16.8. The van der Waals surface area contributed by atoms with Crippen LogP contribution >= 0.6 is 0 Å². The summed E-state index contributed by atoms with van der Waals surface area (Å²) in [5.74, 6) is -9.78. The number of ketones is 1. The van der Waals surface area contributed by atoms with Gasteiger partial charge in [-0.2, -0.15) is 0 Å². The number of rotatable bonds is 9. The minimum absolute atomic E-state index is 0.0347. The number of hydrogen-bond donors (Lipinski definition) is 12. The molecule has 0 aliphatic carbocycles. The molecule has 10 atom stereocenters. The summed E-state index contributed by atoms with van der Waals surface area (Å²) < 4.78 is 27.1. The molecule has 6 rings (SSSR count). The van der Waals surface area contributed by atoms with Crippen LogP contribution in [-0.4, -0.2) is 140 Å². The molecule has 3 aromatic rings. The fraction of sp³-hybridized carbons (Fsp3) is 0.441. The molecule has 54 heavy (non-hydrogen) atoms. The maximum Gasteiger partial charge on any atom is 0.340 e. The number of carboxylic acids is 1. The van der Waals surface area contributed by atoms with E-state index in [2.05, 4.69) is 4.98 Å². The van der Waals surface area contributed by atoms with Crippen molar-refractivity contribution in [2.24, 2.45) is 0 Å². The van der Waals surface area contributed by atoms with Gasteiger partial charge in [0.15, 0.2) is 23.4 Å². The van der Waals surface area contributed by atoms with Gasteiger partial charge in [-0.15, -0.1) is 0 Å². The number of esters is 1. The van der Waals surface area contributed by atoms with Gasteiger partial charge >= 0.3 is 11.9 Å². The molecule has 0 saturated carbocycles. The quantitative estimate of drug-likeness (QED) is 0.0633. The number of fused-ring (bicyclic) bond motifs is 1. The Kier molecular flexibility index (Phi) is 10.5. The average molecular weight is 764 g/mol. The first kappa shape index (κ1) is 38.7. The van der Waals surface area contributed by atoms with Crippen molar-refractivity contribution in [2.45, 2.75) is 93.4 Å². The number of H-pyrrole nitrogens is 1. The Bertz CT molecular complexity index is 1930. The molecule has 3 aliphatic heterocycles. The topological polar surface area (TPSA) is 336 Å². The number of phenolic OH excluding ortho intramolecular Hbond substituents is 3. The zero-order chi connectivity index (χ0) is 39.4. The third-order valence-corrected chi connectivity index (χ3v) is 9.38. The van der Waals surface area contributed by atoms with Gasteiger partial charge < -0.3 is 84.8 Å². The normalized spacial score (nSPS) is 30.6. The number of phenols is 3. The maximum absolute atomic E-state index is 13.5. The summed E-state index contributed by atoms with van der Waals surface area (Å²) in [7, 11) is 0. The fourth-order valence-corrected chi connectivity index (χ4v) is 6.35. The molecule has 292 valence electrons. The zero-order valence-corrected chi connectivity index (χ0v) is 28.0. The lowest BCUT2D eigenvalue weighted by molar-refractivity contribution is -0.372. The van der Waals surface area contributed by atoms with Crippen LogP contribution in [0.4, 0.5) is 0 Å². The Labute approximate surface area is 303 Å².